The lowest BCUT2D eigenvalue weighted by atomic mass is 10.2. The van der Waals surface area contributed by atoms with Crippen LogP contribution >= 0.6 is 0 Å². The Balaban J connectivity index is 2.54. The molecule has 0 spiro atoms. The first-order valence-corrected chi connectivity index (χ1v) is 4.02. The molecule has 0 fully saturated rings. The van der Waals surface area contributed by atoms with Crippen LogP contribution < -0.4 is 5.63 Å². The quantitative estimate of drug-likeness (QED) is 0.660. The molecule has 2 heteroatoms. The van der Waals surface area contributed by atoms with E-state index >= 15 is 0 Å². The summed E-state index contributed by atoms with van der Waals surface area (Å²) in [5, 5.41) is 0. The van der Waals surface area contributed by atoms with Crippen molar-refractivity contribution in [1.29, 1.82) is 0 Å². The maximum atomic E-state index is 10.9. The highest BCUT2D eigenvalue weighted by Gasteiger charge is 1.97. The zero-order chi connectivity index (χ0) is 9.10. The van der Waals surface area contributed by atoms with Crippen molar-refractivity contribution in [3.63, 3.8) is 0 Å². The molecule has 2 rings (SSSR count). The minimum Gasteiger partial charge on any atom is -0.423 e. The van der Waals surface area contributed by atoms with Gasteiger partial charge in [0.2, 0.25) is 0 Å². The second-order valence-corrected chi connectivity index (χ2v) is 2.68. The van der Waals surface area contributed by atoms with Gasteiger partial charge in [-0.3, -0.25) is 0 Å². The first kappa shape index (κ1) is 7.80. The Labute approximate surface area is 75.5 Å². The van der Waals surface area contributed by atoms with Crippen LogP contribution in [0.15, 0.2) is 57.7 Å². The van der Waals surface area contributed by atoms with E-state index in [1.54, 1.807) is 12.1 Å². The van der Waals surface area contributed by atoms with Gasteiger partial charge in [0.1, 0.15) is 5.76 Å². The van der Waals surface area contributed by atoms with Crippen molar-refractivity contribution < 1.29 is 4.42 Å². The maximum Gasteiger partial charge on any atom is 0.336 e. The molecule has 0 saturated heterocycles. The fourth-order valence-corrected chi connectivity index (χ4v) is 1.15. The molecule has 0 atom stereocenters. The van der Waals surface area contributed by atoms with Crippen LogP contribution in [0.1, 0.15) is 0 Å². The van der Waals surface area contributed by atoms with E-state index in [0.29, 0.717) is 5.76 Å². The minimum atomic E-state index is -0.318. The lowest BCUT2D eigenvalue weighted by molar-refractivity contribution is 0.526. The highest BCUT2D eigenvalue weighted by Crippen LogP contribution is 2.15. The third-order valence-electron chi connectivity index (χ3n) is 1.75. The van der Waals surface area contributed by atoms with Crippen molar-refractivity contribution in [2.24, 2.45) is 0 Å². The fraction of sp³-hybridized carbons (Fsp3) is 0. The lowest BCUT2D eigenvalue weighted by Gasteiger charge is -1.96. The van der Waals surface area contributed by atoms with E-state index in [-0.39, 0.29) is 5.63 Å². The van der Waals surface area contributed by atoms with E-state index in [4.69, 9.17) is 4.42 Å². The molecule has 0 aliphatic rings. The highest BCUT2D eigenvalue weighted by atomic mass is 16.4. The Bertz CT molecular complexity index is 443. The van der Waals surface area contributed by atoms with Crippen molar-refractivity contribution in [2.45, 2.75) is 0 Å². The average molecular weight is 172 g/mol. The molecule has 0 N–H and O–H groups in total. The summed E-state index contributed by atoms with van der Waals surface area (Å²) in [4.78, 5) is 10.9. The van der Waals surface area contributed by atoms with Gasteiger partial charge in [0.25, 0.3) is 0 Å². The van der Waals surface area contributed by atoms with Gasteiger partial charge in [0.05, 0.1) is 0 Å². The standard InChI is InChI=1S/C11H8O2/c12-11-8-4-7-10(13-11)9-5-2-1-3-6-9/h1-8H. The largest absolute Gasteiger partial charge is 0.423 e. The Morgan fingerprint density at radius 3 is 2.31 bits per heavy atom. The van der Waals surface area contributed by atoms with Gasteiger partial charge in [-0.25, -0.2) is 4.79 Å². The van der Waals surface area contributed by atoms with Gasteiger partial charge in [-0.15, -0.1) is 0 Å². The fourth-order valence-electron chi connectivity index (χ4n) is 1.15. The summed E-state index contributed by atoms with van der Waals surface area (Å²) in [6, 6.07) is 14.4. The average Bonchev–Trinajstić information content (AvgIpc) is 2.19. The minimum absolute atomic E-state index is 0.318. The first-order chi connectivity index (χ1) is 6.36. The third-order valence-corrected chi connectivity index (χ3v) is 1.75. The highest BCUT2D eigenvalue weighted by molar-refractivity contribution is 5.56. The van der Waals surface area contributed by atoms with Gasteiger partial charge in [-0.1, -0.05) is 36.4 Å². The molecule has 1 heterocycles. The second-order valence-electron chi connectivity index (χ2n) is 2.68. The van der Waals surface area contributed by atoms with Gasteiger partial charge in [-0.05, 0) is 6.07 Å². The smallest absolute Gasteiger partial charge is 0.336 e. The van der Waals surface area contributed by atoms with Crippen LogP contribution in [0.2, 0.25) is 0 Å². The number of hydrogen-bond acceptors (Lipinski definition) is 2. The Morgan fingerprint density at radius 2 is 1.62 bits per heavy atom. The molecule has 2 aromatic rings. The van der Waals surface area contributed by atoms with Gasteiger partial charge in [-0.2, -0.15) is 0 Å². The predicted molar refractivity (Wildman–Crippen MR) is 50.4 cm³/mol. The molecular formula is C11H8O2. The van der Waals surface area contributed by atoms with E-state index in [2.05, 4.69) is 0 Å². The molecule has 0 aliphatic carbocycles. The summed E-state index contributed by atoms with van der Waals surface area (Å²) in [5.41, 5.74) is 0.599. The monoisotopic (exact) mass is 172 g/mol. The molecule has 0 unspecified atom stereocenters. The maximum absolute atomic E-state index is 10.9. The number of benzene rings is 1. The molecule has 0 bridgehead atoms. The summed E-state index contributed by atoms with van der Waals surface area (Å²) in [6.45, 7) is 0. The third kappa shape index (κ3) is 1.67. The molecule has 0 saturated carbocycles. The van der Waals surface area contributed by atoms with Crippen LogP contribution in [-0.2, 0) is 0 Å². The molecule has 0 radical (unpaired) electrons. The van der Waals surface area contributed by atoms with Crippen molar-refractivity contribution in [3.8, 4) is 11.3 Å². The van der Waals surface area contributed by atoms with Crippen molar-refractivity contribution in [1.82, 2.24) is 0 Å². The molecule has 1 aromatic heterocycles. The van der Waals surface area contributed by atoms with Gasteiger partial charge in [0.15, 0.2) is 0 Å². The summed E-state index contributed by atoms with van der Waals surface area (Å²) in [6.07, 6.45) is 0. The van der Waals surface area contributed by atoms with E-state index in [1.165, 1.54) is 6.07 Å². The summed E-state index contributed by atoms with van der Waals surface area (Å²) < 4.78 is 5.01. The Kier molecular flexibility index (Phi) is 1.96. The van der Waals surface area contributed by atoms with E-state index in [9.17, 15) is 4.79 Å². The predicted octanol–water partition coefficient (Wildman–Crippen LogP) is 2.31. The number of rotatable bonds is 1. The molecular weight excluding hydrogens is 164 g/mol. The SMILES string of the molecule is O=c1cccc(-c2ccccc2)o1. The van der Waals surface area contributed by atoms with Crippen LogP contribution in [0, 0.1) is 0 Å². The van der Waals surface area contributed by atoms with E-state index in [0.717, 1.165) is 5.56 Å². The summed E-state index contributed by atoms with van der Waals surface area (Å²) in [7, 11) is 0. The zero-order valence-electron chi connectivity index (χ0n) is 6.94. The zero-order valence-corrected chi connectivity index (χ0v) is 6.94. The molecule has 1 aromatic carbocycles. The molecule has 2 nitrogen and oxygen atoms in total. The van der Waals surface area contributed by atoms with Crippen LogP contribution in [0.5, 0.6) is 0 Å². The molecule has 0 aliphatic heterocycles. The molecule has 64 valence electrons. The van der Waals surface area contributed by atoms with Crippen molar-refractivity contribution >= 4 is 0 Å². The first-order valence-electron chi connectivity index (χ1n) is 4.02. The summed E-state index contributed by atoms with van der Waals surface area (Å²) in [5.74, 6) is 0.605. The van der Waals surface area contributed by atoms with E-state index in [1.807, 2.05) is 30.3 Å². The lowest BCUT2D eigenvalue weighted by Crippen LogP contribution is -1.94. The van der Waals surface area contributed by atoms with Gasteiger partial charge < -0.3 is 4.42 Å². The van der Waals surface area contributed by atoms with Crippen molar-refractivity contribution in [3.05, 3.63) is 59.0 Å². The molecule has 13 heavy (non-hydrogen) atoms. The van der Waals surface area contributed by atoms with Crippen LogP contribution in [0.3, 0.4) is 0 Å². The van der Waals surface area contributed by atoms with Crippen LogP contribution in [-0.4, -0.2) is 0 Å². The van der Waals surface area contributed by atoms with Crippen molar-refractivity contribution in [2.75, 3.05) is 0 Å². The Morgan fingerprint density at radius 1 is 0.846 bits per heavy atom. The molecule has 0 amide bonds. The number of hydrogen-bond donors (Lipinski definition) is 0. The second kappa shape index (κ2) is 3.27. The van der Waals surface area contributed by atoms with Gasteiger partial charge >= 0.3 is 5.63 Å². The van der Waals surface area contributed by atoms with Gasteiger partial charge in [0, 0.05) is 11.6 Å². The van der Waals surface area contributed by atoms with E-state index < -0.39 is 0 Å². The topological polar surface area (TPSA) is 30.2 Å². The normalized spacial score (nSPS) is 9.85. The van der Waals surface area contributed by atoms with Crippen LogP contribution in [0.25, 0.3) is 11.3 Å². The Hall–Kier alpha value is -1.83. The summed E-state index contributed by atoms with van der Waals surface area (Å²) >= 11 is 0. The van der Waals surface area contributed by atoms with Crippen LogP contribution in [0.4, 0.5) is 0 Å².